The summed E-state index contributed by atoms with van der Waals surface area (Å²) in [4.78, 5) is 1.32. The van der Waals surface area contributed by atoms with Crippen LogP contribution in [-0.4, -0.2) is 19.9 Å². The lowest BCUT2D eigenvalue weighted by Gasteiger charge is -2.16. The lowest BCUT2D eigenvalue weighted by Crippen LogP contribution is -2.18. The first-order valence-corrected chi connectivity index (χ1v) is 7.72. The Morgan fingerprint density at radius 2 is 1.90 bits per heavy atom. The van der Waals surface area contributed by atoms with Crippen molar-refractivity contribution >= 4 is 11.8 Å². The second kappa shape index (κ2) is 7.36. The number of nitrogens with one attached hydrogen (secondary N) is 1. The van der Waals surface area contributed by atoms with E-state index in [0.717, 1.165) is 11.5 Å². The van der Waals surface area contributed by atoms with Crippen LogP contribution in [0.4, 0.5) is 0 Å². The van der Waals surface area contributed by atoms with Gasteiger partial charge in [-0.3, -0.25) is 0 Å². The van der Waals surface area contributed by atoms with Crippen LogP contribution in [0.3, 0.4) is 0 Å². The van der Waals surface area contributed by atoms with E-state index < -0.39 is 0 Å². The smallest absolute Gasteiger partial charge is 0.118 e. The minimum Gasteiger partial charge on any atom is -0.497 e. The van der Waals surface area contributed by atoms with E-state index in [4.69, 9.17) is 4.74 Å². The Bertz CT molecular complexity index is 539. The lowest BCUT2D eigenvalue weighted by atomic mass is 10.1. The quantitative estimate of drug-likeness (QED) is 0.810. The molecule has 0 radical (unpaired) electrons. The first-order chi connectivity index (χ1) is 9.72. The maximum absolute atomic E-state index is 5.20. The van der Waals surface area contributed by atoms with E-state index in [1.165, 1.54) is 16.0 Å². The Balaban J connectivity index is 2.01. The van der Waals surface area contributed by atoms with E-state index in [0.29, 0.717) is 6.04 Å². The van der Waals surface area contributed by atoms with Crippen LogP contribution in [0.15, 0.2) is 53.4 Å². The predicted octanol–water partition coefficient (Wildman–Crippen LogP) is 4.06. The molecule has 0 aromatic heterocycles. The van der Waals surface area contributed by atoms with Crippen LogP contribution in [0.25, 0.3) is 0 Å². The summed E-state index contributed by atoms with van der Waals surface area (Å²) in [5, 5.41) is 3.38. The summed E-state index contributed by atoms with van der Waals surface area (Å²) in [7, 11) is 3.70. The van der Waals surface area contributed by atoms with Crippen LogP contribution in [0.2, 0.25) is 0 Å². The third-order valence-electron chi connectivity index (χ3n) is 3.27. The second-order valence-corrected chi connectivity index (χ2v) is 5.84. The SMILES string of the molecule is CNC(CSc1cccc(C)c1)c1ccc(OC)cc1. The van der Waals surface area contributed by atoms with Crippen LogP contribution in [-0.2, 0) is 0 Å². The third-order valence-corrected chi connectivity index (χ3v) is 4.36. The Morgan fingerprint density at radius 3 is 2.50 bits per heavy atom. The van der Waals surface area contributed by atoms with Crippen LogP contribution in [0.1, 0.15) is 17.2 Å². The number of rotatable bonds is 6. The molecule has 2 aromatic rings. The Hall–Kier alpha value is -1.45. The van der Waals surface area contributed by atoms with Crippen molar-refractivity contribution in [2.75, 3.05) is 19.9 Å². The van der Waals surface area contributed by atoms with Gasteiger partial charge in [-0.25, -0.2) is 0 Å². The Kier molecular flexibility index (Phi) is 5.50. The van der Waals surface area contributed by atoms with Gasteiger partial charge < -0.3 is 10.1 Å². The monoisotopic (exact) mass is 287 g/mol. The maximum Gasteiger partial charge on any atom is 0.118 e. The zero-order valence-electron chi connectivity index (χ0n) is 12.2. The highest BCUT2D eigenvalue weighted by Gasteiger charge is 2.09. The van der Waals surface area contributed by atoms with E-state index in [2.05, 4.69) is 48.6 Å². The van der Waals surface area contributed by atoms with Crippen molar-refractivity contribution < 1.29 is 4.74 Å². The minimum atomic E-state index is 0.339. The summed E-state index contributed by atoms with van der Waals surface area (Å²) in [5.74, 6) is 1.90. The third kappa shape index (κ3) is 4.02. The van der Waals surface area contributed by atoms with Gasteiger partial charge in [-0.1, -0.05) is 29.8 Å². The van der Waals surface area contributed by atoms with Crippen LogP contribution in [0.5, 0.6) is 5.75 Å². The van der Waals surface area contributed by atoms with Crippen LogP contribution >= 0.6 is 11.8 Å². The zero-order valence-corrected chi connectivity index (χ0v) is 13.0. The van der Waals surface area contributed by atoms with E-state index >= 15 is 0 Å². The molecule has 0 fully saturated rings. The molecule has 0 saturated carbocycles. The van der Waals surface area contributed by atoms with Gasteiger partial charge in [0.1, 0.15) is 5.75 Å². The number of benzene rings is 2. The molecule has 0 saturated heterocycles. The fourth-order valence-electron chi connectivity index (χ4n) is 2.07. The molecule has 0 spiro atoms. The average molecular weight is 287 g/mol. The van der Waals surface area contributed by atoms with Gasteiger partial charge in [-0.05, 0) is 43.8 Å². The van der Waals surface area contributed by atoms with Gasteiger partial charge >= 0.3 is 0 Å². The first kappa shape index (κ1) is 14.9. The van der Waals surface area contributed by atoms with Crippen molar-refractivity contribution in [2.45, 2.75) is 17.9 Å². The first-order valence-electron chi connectivity index (χ1n) is 6.73. The number of hydrogen-bond acceptors (Lipinski definition) is 3. The van der Waals surface area contributed by atoms with E-state index in [1.54, 1.807) is 7.11 Å². The highest BCUT2D eigenvalue weighted by atomic mass is 32.2. The molecule has 106 valence electrons. The summed E-state index contributed by atoms with van der Waals surface area (Å²) in [6, 6.07) is 17.2. The summed E-state index contributed by atoms with van der Waals surface area (Å²) >= 11 is 1.88. The Morgan fingerprint density at radius 1 is 1.15 bits per heavy atom. The molecule has 2 rings (SSSR count). The minimum absolute atomic E-state index is 0.339. The molecule has 0 aliphatic carbocycles. The molecule has 0 heterocycles. The van der Waals surface area contributed by atoms with Gasteiger partial charge in [0.05, 0.1) is 7.11 Å². The number of ether oxygens (including phenoxy) is 1. The lowest BCUT2D eigenvalue weighted by molar-refractivity contribution is 0.414. The molecule has 1 N–H and O–H groups in total. The highest BCUT2D eigenvalue weighted by molar-refractivity contribution is 7.99. The fourth-order valence-corrected chi connectivity index (χ4v) is 3.23. The number of hydrogen-bond donors (Lipinski definition) is 1. The largest absolute Gasteiger partial charge is 0.497 e. The van der Waals surface area contributed by atoms with E-state index in [-0.39, 0.29) is 0 Å². The molecule has 3 heteroatoms. The van der Waals surface area contributed by atoms with Crippen LogP contribution in [0, 0.1) is 6.92 Å². The maximum atomic E-state index is 5.20. The van der Waals surface area contributed by atoms with E-state index in [1.807, 2.05) is 30.9 Å². The van der Waals surface area contributed by atoms with Gasteiger partial charge in [0.15, 0.2) is 0 Å². The molecular formula is C17H21NOS. The van der Waals surface area contributed by atoms with Gasteiger partial charge in [-0.15, -0.1) is 11.8 Å². The van der Waals surface area contributed by atoms with Crippen molar-refractivity contribution in [3.8, 4) is 5.75 Å². The molecule has 2 aromatic carbocycles. The second-order valence-electron chi connectivity index (χ2n) is 4.74. The zero-order chi connectivity index (χ0) is 14.4. The van der Waals surface area contributed by atoms with Crippen molar-refractivity contribution in [1.82, 2.24) is 5.32 Å². The topological polar surface area (TPSA) is 21.3 Å². The summed E-state index contributed by atoms with van der Waals surface area (Å²) < 4.78 is 5.20. The molecule has 0 bridgehead atoms. The summed E-state index contributed by atoms with van der Waals surface area (Å²) in [5.41, 5.74) is 2.59. The molecule has 20 heavy (non-hydrogen) atoms. The standard InChI is InChI=1S/C17H21NOS/c1-13-5-4-6-16(11-13)20-12-17(18-2)14-7-9-15(19-3)10-8-14/h4-11,17-18H,12H2,1-3H3. The van der Waals surface area contributed by atoms with Crippen LogP contribution < -0.4 is 10.1 Å². The predicted molar refractivity (Wildman–Crippen MR) is 86.7 cm³/mol. The normalized spacial score (nSPS) is 12.2. The average Bonchev–Trinajstić information content (AvgIpc) is 2.48. The van der Waals surface area contributed by atoms with Gasteiger partial charge in [0, 0.05) is 16.7 Å². The van der Waals surface area contributed by atoms with Crippen molar-refractivity contribution in [3.05, 3.63) is 59.7 Å². The highest BCUT2D eigenvalue weighted by Crippen LogP contribution is 2.26. The van der Waals surface area contributed by atoms with Crippen molar-refractivity contribution in [1.29, 1.82) is 0 Å². The molecule has 0 amide bonds. The molecule has 2 nitrogen and oxygen atoms in total. The molecule has 0 aliphatic rings. The molecular weight excluding hydrogens is 266 g/mol. The summed E-state index contributed by atoms with van der Waals surface area (Å²) in [6.07, 6.45) is 0. The van der Waals surface area contributed by atoms with Gasteiger partial charge in [0.2, 0.25) is 0 Å². The summed E-state index contributed by atoms with van der Waals surface area (Å²) in [6.45, 7) is 2.13. The number of methoxy groups -OCH3 is 1. The van der Waals surface area contributed by atoms with Gasteiger partial charge in [-0.2, -0.15) is 0 Å². The van der Waals surface area contributed by atoms with Crippen molar-refractivity contribution in [2.24, 2.45) is 0 Å². The van der Waals surface area contributed by atoms with E-state index in [9.17, 15) is 0 Å². The number of aryl methyl sites for hydroxylation is 1. The van der Waals surface area contributed by atoms with Crippen molar-refractivity contribution in [3.63, 3.8) is 0 Å². The molecule has 1 atom stereocenters. The fraction of sp³-hybridized carbons (Fsp3) is 0.294. The van der Waals surface area contributed by atoms with Gasteiger partial charge in [0.25, 0.3) is 0 Å². The molecule has 0 aliphatic heterocycles. The molecule has 1 unspecified atom stereocenters. The number of thioether (sulfide) groups is 1. The Labute approximate surface area is 125 Å².